The molecule has 23 heavy (non-hydrogen) atoms. The van der Waals surface area contributed by atoms with Crippen LogP contribution in [-0.4, -0.2) is 16.1 Å². The molecule has 4 rings (SSSR count). The summed E-state index contributed by atoms with van der Waals surface area (Å²) in [6.45, 7) is 4.06. The molecule has 1 amide bonds. The van der Waals surface area contributed by atoms with Crippen LogP contribution in [0.1, 0.15) is 30.5 Å². The van der Waals surface area contributed by atoms with Gasteiger partial charge in [0, 0.05) is 16.8 Å². The molecule has 0 unspecified atom stereocenters. The number of anilines is 1. The molecule has 0 spiro atoms. The SMILES string of the molecule is Cc1[nH]nc2cc([C@@H]3C[C@@]3(C)C(=O)Nc3ccccc3)ccc12. The first-order valence-electron chi connectivity index (χ1n) is 7.89. The number of aromatic amines is 1. The van der Waals surface area contributed by atoms with Gasteiger partial charge in [-0.3, -0.25) is 9.89 Å². The number of H-pyrrole nitrogens is 1. The number of rotatable bonds is 3. The third-order valence-electron chi connectivity index (χ3n) is 4.96. The zero-order valence-corrected chi connectivity index (χ0v) is 13.3. The molecule has 0 radical (unpaired) electrons. The molecule has 1 aliphatic rings. The number of hydrogen-bond donors (Lipinski definition) is 2. The van der Waals surface area contributed by atoms with E-state index in [1.165, 1.54) is 5.56 Å². The Kier molecular flexibility index (Phi) is 3.01. The number of carbonyl (C=O) groups is 1. The summed E-state index contributed by atoms with van der Waals surface area (Å²) >= 11 is 0. The first-order valence-corrected chi connectivity index (χ1v) is 7.89. The summed E-state index contributed by atoms with van der Waals surface area (Å²) in [5.41, 5.74) is 3.75. The lowest BCUT2D eigenvalue weighted by Crippen LogP contribution is -2.23. The van der Waals surface area contributed by atoms with Crippen molar-refractivity contribution in [2.24, 2.45) is 5.41 Å². The average molecular weight is 305 g/mol. The summed E-state index contributed by atoms with van der Waals surface area (Å²) in [4.78, 5) is 12.6. The molecule has 0 saturated heterocycles. The molecule has 0 bridgehead atoms. The maximum atomic E-state index is 12.6. The third kappa shape index (κ3) is 2.31. The van der Waals surface area contributed by atoms with Gasteiger partial charge in [0.05, 0.1) is 10.9 Å². The Morgan fingerprint density at radius 3 is 2.83 bits per heavy atom. The predicted octanol–water partition coefficient (Wildman–Crippen LogP) is 4.00. The summed E-state index contributed by atoms with van der Waals surface area (Å²) in [5.74, 6) is 0.347. The average Bonchev–Trinajstić information content (AvgIpc) is 3.14. The van der Waals surface area contributed by atoms with Crippen molar-refractivity contribution < 1.29 is 4.79 Å². The van der Waals surface area contributed by atoms with Gasteiger partial charge in [-0.25, -0.2) is 0 Å². The topological polar surface area (TPSA) is 57.8 Å². The predicted molar refractivity (Wildman–Crippen MR) is 91.4 cm³/mol. The Bertz CT molecular complexity index is 884. The van der Waals surface area contributed by atoms with E-state index in [0.717, 1.165) is 28.7 Å². The van der Waals surface area contributed by atoms with Crippen molar-refractivity contribution in [2.75, 3.05) is 5.32 Å². The van der Waals surface area contributed by atoms with Gasteiger partial charge in [-0.15, -0.1) is 0 Å². The molecule has 2 aromatic carbocycles. The largest absolute Gasteiger partial charge is 0.326 e. The molecule has 1 fully saturated rings. The number of para-hydroxylation sites is 1. The van der Waals surface area contributed by atoms with E-state index in [4.69, 9.17) is 0 Å². The second-order valence-corrected chi connectivity index (χ2v) is 6.62. The van der Waals surface area contributed by atoms with E-state index >= 15 is 0 Å². The molecule has 116 valence electrons. The zero-order chi connectivity index (χ0) is 16.0. The lowest BCUT2D eigenvalue weighted by Gasteiger charge is -2.12. The fourth-order valence-electron chi connectivity index (χ4n) is 3.28. The standard InChI is InChI=1S/C19H19N3O/c1-12-15-9-8-13(10-17(15)22-21-12)16-11-19(16,2)18(23)20-14-6-4-3-5-7-14/h3-10,16H,11H2,1-2H3,(H,20,23)(H,21,22)/t16-,19+/m0/s1. The van der Waals surface area contributed by atoms with E-state index in [1.54, 1.807) is 0 Å². The summed E-state index contributed by atoms with van der Waals surface area (Å²) in [7, 11) is 0. The van der Waals surface area contributed by atoms with Crippen LogP contribution in [0.2, 0.25) is 0 Å². The highest BCUT2D eigenvalue weighted by Crippen LogP contribution is 2.59. The Morgan fingerprint density at radius 2 is 2.04 bits per heavy atom. The molecule has 0 aliphatic heterocycles. The zero-order valence-electron chi connectivity index (χ0n) is 13.3. The number of hydrogen-bond acceptors (Lipinski definition) is 2. The van der Waals surface area contributed by atoms with Crippen LogP contribution in [0, 0.1) is 12.3 Å². The molecular formula is C19H19N3O. The molecule has 4 nitrogen and oxygen atoms in total. The van der Waals surface area contributed by atoms with Crippen molar-refractivity contribution in [3.05, 3.63) is 59.8 Å². The number of benzene rings is 2. The molecule has 1 aromatic heterocycles. The van der Waals surface area contributed by atoms with Crippen LogP contribution in [0.4, 0.5) is 5.69 Å². The van der Waals surface area contributed by atoms with Crippen LogP contribution < -0.4 is 5.32 Å². The van der Waals surface area contributed by atoms with Gasteiger partial charge in [-0.1, -0.05) is 37.3 Å². The second-order valence-electron chi connectivity index (χ2n) is 6.62. The van der Waals surface area contributed by atoms with Gasteiger partial charge in [-0.2, -0.15) is 5.10 Å². The molecule has 1 heterocycles. The van der Waals surface area contributed by atoms with E-state index in [-0.39, 0.29) is 17.2 Å². The smallest absolute Gasteiger partial charge is 0.230 e. The van der Waals surface area contributed by atoms with Crippen molar-refractivity contribution >= 4 is 22.5 Å². The van der Waals surface area contributed by atoms with Gasteiger partial charge in [0.2, 0.25) is 5.91 Å². The monoisotopic (exact) mass is 305 g/mol. The number of amides is 1. The summed E-state index contributed by atoms with van der Waals surface area (Å²) in [6.07, 6.45) is 0.876. The fraction of sp³-hybridized carbons (Fsp3) is 0.263. The summed E-state index contributed by atoms with van der Waals surface area (Å²) in [5, 5.41) is 11.5. The Hall–Kier alpha value is -2.62. The summed E-state index contributed by atoms with van der Waals surface area (Å²) in [6, 6.07) is 15.9. The molecule has 2 N–H and O–H groups in total. The van der Waals surface area contributed by atoms with E-state index in [9.17, 15) is 4.79 Å². The highest BCUT2D eigenvalue weighted by atomic mass is 16.2. The van der Waals surface area contributed by atoms with Crippen LogP contribution in [-0.2, 0) is 4.79 Å². The Balaban J connectivity index is 1.55. The van der Waals surface area contributed by atoms with Gasteiger partial charge < -0.3 is 5.32 Å². The van der Waals surface area contributed by atoms with E-state index < -0.39 is 0 Å². The number of aryl methyl sites for hydroxylation is 1. The minimum absolute atomic E-state index is 0.0898. The molecule has 1 aliphatic carbocycles. The van der Waals surface area contributed by atoms with Gasteiger partial charge in [0.15, 0.2) is 0 Å². The molecule has 2 atom stereocenters. The first-order chi connectivity index (χ1) is 11.1. The van der Waals surface area contributed by atoms with Crippen LogP contribution in [0.3, 0.4) is 0 Å². The normalized spacial score (nSPS) is 23.0. The minimum Gasteiger partial charge on any atom is -0.326 e. The Labute approximate surface area is 134 Å². The van der Waals surface area contributed by atoms with Crippen LogP contribution in [0.15, 0.2) is 48.5 Å². The number of fused-ring (bicyclic) bond motifs is 1. The van der Waals surface area contributed by atoms with Gasteiger partial charge >= 0.3 is 0 Å². The molecular weight excluding hydrogens is 286 g/mol. The van der Waals surface area contributed by atoms with Gasteiger partial charge in [0.1, 0.15) is 0 Å². The number of nitrogens with one attached hydrogen (secondary N) is 2. The molecule has 1 saturated carbocycles. The number of carbonyl (C=O) groups excluding carboxylic acids is 1. The maximum absolute atomic E-state index is 12.6. The van der Waals surface area contributed by atoms with E-state index in [2.05, 4.69) is 33.7 Å². The Morgan fingerprint density at radius 1 is 1.26 bits per heavy atom. The van der Waals surface area contributed by atoms with Crippen molar-refractivity contribution in [2.45, 2.75) is 26.2 Å². The van der Waals surface area contributed by atoms with Crippen molar-refractivity contribution in [3.8, 4) is 0 Å². The van der Waals surface area contributed by atoms with E-state index in [0.29, 0.717) is 0 Å². The van der Waals surface area contributed by atoms with Crippen molar-refractivity contribution in [3.63, 3.8) is 0 Å². The number of aromatic nitrogens is 2. The van der Waals surface area contributed by atoms with Crippen LogP contribution in [0.25, 0.3) is 10.9 Å². The van der Waals surface area contributed by atoms with Gasteiger partial charge in [-0.05, 0) is 43.0 Å². The van der Waals surface area contributed by atoms with Crippen LogP contribution >= 0.6 is 0 Å². The van der Waals surface area contributed by atoms with Gasteiger partial charge in [0.25, 0.3) is 0 Å². The van der Waals surface area contributed by atoms with Crippen molar-refractivity contribution in [1.82, 2.24) is 10.2 Å². The van der Waals surface area contributed by atoms with Crippen LogP contribution in [0.5, 0.6) is 0 Å². The minimum atomic E-state index is -0.338. The highest BCUT2D eigenvalue weighted by molar-refractivity contribution is 5.98. The fourth-order valence-corrected chi connectivity index (χ4v) is 3.28. The quantitative estimate of drug-likeness (QED) is 0.768. The first kappa shape index (κ1) is 14.0. The maximum Gasteiger partial charge on any atom is 0.230 e. The third-order valence-corrected chi connectivity index (χ3v) is 4.96. The molecule has 3 aromatic rings. The summed E-state index contributed by atoms with van der Waals surface area (Å²) < 4.78 is 0. The lowest BCUT2D eigenvalue weighted by atomic mass is 9.99. The lowest BCUT2D eigenvalue weighted by molar-refractivity contribution is -0.120. The highest BCUT2D eigenvalue weighted by Gasteiger charge is 2.56. The second kappa shape index (κ2) is 4.95. The molecule has 4 heteroatoms. The number of nitrogens with zero attached hydrogens (tertiary/aromatic N) is 1. The van der Waals surface area contributed by atoms with Crippen molar-refractivity contribution in [1.29, 1.82) is 0 Å². The van der Waals surface area contributed by atoms with E-state index in [1.807, 2.05) is 44.2 Å².